The minimum absolute atomic E-state index is 0.0171. The van der Waals surface area contributed by atoms with Crippen molar-refractivity contribution in [2.45, 2.75) is 64.2 Å². The predicted octanol–water partition coefficient (Wildman–Crippen LogP) is 4.10. The summed E-state index contributed by atoms with van der Waals surface area (Å²) in [6.07, 6.45) is 13.5. The van der Waals surface area contributed by atoms with Gasteiger partial charge in [0.05, 0.1) is 0 Å². The fourth-order valence-electron chi connectivity index (χ4n) is 4.67. The third kappa shape index (κ3) is 8.23. The Morgan fingerprint density at radius 2 is 1.91 bits per heavy atom. The number of nitrogens with zero attached hydrogens (tertiary/aromatic N) is 2. The molecule has 2 heterocycles. The van der Waals surface area contributed by atoms with Crippen molar-refractivity contribution < 1.29 is 14.4 Å². The van der Waals surface area contributed by atoms with Crippen LogP contribution in [0.4, 0.5) is 0 Å². The first kappa shape index (κ1) is 24.7. The number of pyridine rings is 1. The van der Waals surface area contributed by atoms with E-state index in [1.165, 1.54) is 32.1 Å². The molecule has 2 aliphatic rings. The van der Waals surface area contributed by atoms with Crippen LogP contribution in [-0.4, -0.2) is 58.6 Å². The molecule has 7 heteroatoms. The summed E-state index contributed by atoms with van der Waals surface area (Å²) < 4.78 is 0. The lowest BCUT2D eigenvalue weighted by atomic mass is 9.96. The highest BCUT2D eigenvalue weighted by molar-refractivity contribution is 7.99. The SMILES string of the molecule is O=C(CCC1CCCC1)NCCSCC(CC(=O)N1CCCCC1)C(=O)c1cccnc1. The van der Waals surface area contributed by atoms with E-state index in [-0.39, 0.29) is 29.9 Å². The highest BCUT2D eigenvalue weighted by atomic mass is 32.2. The lowest BCUT2D eigenvalue weighted by molar-refractivity contribution is -0.132. The molecule has 2 fully saturated rings. The van der Waals surface area contributed by atoms with Gasteiger partial charge in [0.25, 0.3) is 0 Å². The standard InChI is InChI=1S/C25H37N3O3S/c29-23(11-10-20-7-2-3-8-20)27-13-16-32-19-22(25(31)21-9-6-12-26-18-21)17-24(30)28-14-4-1-5-15-28/h6,9,12,18,20,22H,1-5,7-8,10-11,13-17,19H2,(H,27,29). The number of Topliss-reactive ketones (excluding diaryl/α,β-unsaturated/α-hetero) is 1. The molecule has 1 N–H and O–H groups in total. The molecule has 176 valence electrons. The summed E-state index contributed by atoms with van der Waals surface area (Å²) in [5, 5.41) is 3.00. The molecule has 1 unspecified atom stereocenters. The molecule has 6 nitrogen and oxygen atoms in total. The summed E-state index contributed by atoms with van der Waals surface area (Å²) in [6, 6.07) is 3.52. The van der Waals surface area contributed by atoms with Crippen LogP contribution in [0.15, 0.2) is 24.5 Å². The summed E-state index contributed by atoms with van der Waals surface area (Å²) in [5.74, 6) is 1.86. The van der Waals surface area contributed by atoms with Gasteiger partial charge in [-0.05, 0) is 43.7 Å². The molecule has 1 aromatic rings. The molecule has 2 amide bonds. The number of thioether (sulfide) groups is 1. The summed E-state index contributed by atoms with van der Waals surface area (Å²) in [6.45, 7) is 2.20. The fraction of sp³-hybridized carbons (Fsp3) is 0.680. The zero-order chi connectivity index (χ0) is 22.6. The van der Waals surface area contributed by atoms with Gasteiger partial charge in [0.15, 0.2) is 5.78 Å². The van der Waals surface area contributed by atoms with Crippen LogP contribution in [0.5, 0.6) is 0 Å². The summed E-state index contributed by atoms with van der Waals surface area (Å²) >= 11 is 1.63. The van der Waals surface area contributed by atoms with Crippen molar-refractivity contribution in [3.63, 3.8) is 0 Å². The van der Waals surface area contributed by atoms with Gasteiger partial charge in [0, 0.05) is 67.9 Å². The van der Waals surface area contributed by atoms with Gasteiger partial charge in [-0.2, -0.15) is 11.8 Å². The molecule has 1 aromatic heterocycles. The molecule has 0 aromatic carbocycles. The fourth-order valence-corrected chi connectivity index (χ4v) is 5.63. The van der Waals surface area contributed by atoms with Gasteiger partial charge in [-0.1, -0.05) is 25.7 Å². The molecule has 1 atom stereocenters. The lowest BCUT2D eigenvalue weighted by Crippen LogP contribution is -2.38. The van der Waals surface area contributed by atoms with Crippen molar-refractivity contribution in [1.82, 2.24) is 15.2 Å². The van der Waals surface area contributed by atoms with Crippen LogP contribution in [0.25, 0.3) is 0 Å². The Hall–Kier alpha value is -1.89. The Kier molecular flexibility index (Phi) is 10.5. The molecule has 32 heavy (non-hydrogen) atoms. The Bertz CT molecular complexity index is 731. The Morgan fingerprint density at radius 1 is 1.12 bits per heavy atom. The second kappa shape index (κ2) is 13.6. The third-order valence-corrected chi connectivity index (χ3v) is 7.72. The van der Waals surface area contributed by atoms with E-state index in [0.29, 0.717) is 24.3 Å². The van der Waals surface area contributed by atoms with Gasteiger partial charge < -0.3 is 10.2 Å². The maximum absolute atomic E-state index is 13.1. The maximum atomic E-state index is 13.1. The number of hydrogen-bond donors (Lipinski definition) is 1. The third-order valence-electron chi connectivity index (χ3n) is 6.59. The number of rotatable bonds is 12. The Labute approximate surface area is 196 Å². The molecule has 1 aliphatic heterocycles. The van der Waals surface area contributed by atoms with Crippen molar-refractivity contribution in [3.8, 4) is 0 Å². The zero-order valence-electron chi connectivity index (χ0n) is 19.1. The van der Waals surface area contributed by atoms with Crippen LogP contribution < -0.4 is 5.32 Å². The van der Waals surface area contributed by atoms with Gasteiger partial charge in [0.1, 0.15) is 0 Å². The van der Waals surface area contributed by atoms with E-state index in [0.717, 1.165) is 44.0 Å². The molecule has 1 saturated heterocycles. The summed E-state index contributed by atoms with van der Waals surface area (Å²) in [7, 11) is 0. The van der Waals surface area contributed by atoms with E-state index < -0.39 is 0 Å². The minimum atomic E-state index is -0.364. The molecule has 1 saturated carbocycles. The number of amides is 2. The molecule has 3 rings (SSSR count). The average molecular weight is 460 g/mol. The number of ketones is 1. The van der Waals surface area contributed by atoms with Crippen LogP contribution >= 0.6 is 11.8 Å². The summed E-state index contributed by atoms with van der Waals surface area (Å²) in [5.41, 5.74) is 0.560. The van der Waals surface area contributed by atoms with E-state index in [1.807, 2.05) is 4.90 Å². The van der Waals surface area contributed by atoms with Crippen LogP contribution in [0.1, 0.15) is 74.6 Å². The quantitative estimate of drug-likeness (QED) is 0.376. The number of aromatic nitrogens is 1. The van der Waals surface area contributed by atoms with Gasteiger partial charge in [-0.15, -0.1) is 0 Å². The highest BCUT2D eigenvalue weighted by Crippen LogP contribution is 2.28. The highest BCUT2D eigenvalue weighted by Gasteiger charge is 2.26. The first-order valence-electron chi connectivity index (χ1n) is 12.2. The topological polar surface area (TPSA) is 79.4 Å². The van der Waals surface area contributed by atoms with E-state index in [2.05, 4.69) is 10.3 Å². The van der Waals surface area contributed by atoms with Crippen LogP contribution in [-0.2, 0) is 9.59 Å². The first-order valence-corrected chi connectivity index (χ1v) is 13.4. The van der Waals surface area contributed by atoms with E-state index in [1.54, 1.807) is 36.3 Å². The van der Waals surface area contributed by atoms with Gasteiger partial charge in [0.2, 0.25) is 11.8 Å². The molecule has 0 spiro atoms. The number of nitrogens with one attached hydrogen (secondary N) is 1. The number of hydrogen-bond acceptors (Lipinski definition) is 5. The number of piperidine rings is 1. The van der Waals surface area contributed by atoms with Crippen molar-refractivity contribution in [3.05, 3.63) is 30.1 Å². The Morgan fingerprint density at radius 3 is 2.62 bits per heavy atom. The van der Waals surface area contributed by atoms with Crippen molar-refractivity contribution in [2.24, 2.45) is 11.8 Å². The van der Waals surface area contributed by atoms with Gasteiger partial charge in [-0.3, -0.25) is 19.4 Å². The summed E-state index contributed by atoms with van der Waals surface area (Å²) in [4.78, 5) is 43.9. The largest absolute Gasteiger partial charge is 0.355 e. The minimum Gasteiger partial charge on any atom is -0.355 e. The van der Waals surface area contributed by atoms with Crippen molar-refractivity contribution >= 4 is 29.4 Å². The smallest absolute Gasteiger partial charge is 0.223 e. The monoisotopic (exact) mass is 459 g/mol. The molecular formula is C25H37N3O3S. The van der Waals surface area contributed by atoms with Gasteiger partial charge in [-0.25, -0.2) is 0 Å². The molecule has 0 radical (unpaired) electrons. The van der Waals surface area contributed by atoms with Crippen molar-refractivity contribution in [2.75, 3.05) is 31.1 Å². The second-order valence-corrected chi connectivity index (χ2v) is 10.2. The molecule has 0 bridgehead atoms. The second-order valence-electron chi connectivity index (χ2n) is 9.06. The Balaban J connectivity index is 1.42. The molecular weight excluding hydrogens is 422 g/mol. The zero-order valence-corrected chi connectivity index (χ0v) is 19.9. The average Bonchev–Trinajstić information content (AvgIpc) is 3.36. The van der Waals surface area contributed by atoms with Crippen LogP contribution in [0.3, 0.4) is 0 Å². The predicted molar refractivity (Wildman–Crippen MR) is 129 cm³/mol. The first-order chi connectivity index (χ1) is 15.6. The number of carbonyl (C=O) groups excluding carboxylic acids is 3. The van der Waals surface area contributed by atoms with Crippen LogP contribution in [0, 0.1) is 11.8 Å². The number of carbonyl (C=O) groups is 3. The van der Waals surface area contributed by atoms with Gasteiger partial charge >= 0.3 is 0 Å². The lowest BCUT2D eigenvalue weighted by Gasteiger charge is -2.28. The van der Waals surface area contributed by atoms with Crippen molar-refractivity contribution in [1.29, 1.82) is 0 Å². The van der Waals surface area contributed by atoms with Crippen LogP contribution in [0.2, 0.25) is 0 Å². The number of likely N-dealkylation sites (tertiary alicyclic amines) is 1. The molecule has 1 aliphatic carbocycles. The van der Waals surface area contributed by atoms with E-state index in [4.69, 9.17) is 0 Å². The normalized spacial score (nSPS) is 17.8. The maximum Gasteiger partial charge on any atom is 0.223 e. The van der Waals surface area contributed by atoms with E-state index in [9.17, 15) is 14.4 Å². The van der Waals surface area contributed by atoms with E-state index >= 15 is 0 Å².